The van der Waals surface area contributed by atoms with Crippen LogP contribution in [0, 0.1) is 5.92 Å². The van der Waals surface area contributed by atoms with Gasteiger partial charge in [0.2, 0.25) is 5.72 Å². The van der Waals surface area contributed by atoms with Crippen molar-refractivity contribution in [2.45, 2.75) is 39.1 Å². The summed E-state index contributed by atoms with van der Waals surface area (Å²) in [6.07, 6.45) is 3.66. The number of aryl methyl sites for hydroxylation is 1. The molecule has 8 heteroatoms. The smallest absolute Gasteiger partial charge is 0.270 e. The van der Waals surface area contributed by atoms with Crippen molar-refractivity contribution in [1.82, 2.24) is 14.3 Å². The summed E-state index contributed by atoms with van der Waals surface area (Å²) in [4.78, 5) is 31.3. The van der Waals surface area contributed by atoms with Crippen LogP contribution in [0.25, 0.3) is 6.08 Å². The largest absolute Gasteiger partial charge is 0.465 e. The highest BCUT2D eigenvalue weighted by molar-refractivity contribution is 7.07. The van der Waals surface area contributed by atoms with Crippen LogP contribution in [0.2, 0.25) is 0 Å². The van der Waals surface area contributed by atoms with Crippen LogP contribution in [0.5, 0.6) is 5.75 Å². The van der Waals surface area contributed by atoms with E-state index in [1.54, 1.807) is 10.6 Å². The fourth-order valence-corrected chi connectivity index (χ4v) is 5.40. The topological polar surface area (TPSA) is 78.5 Å². The molecule has 7 nitrogen and oxygen atoms in total. The zero-order chi connectivity index (χ0) is 20.3. The van der Waals surface area contributed by atoms with Crippen molar-refractivity contribution in [2.75, 3.05) is 0 Å². The monoisotopic (exact) mass is 408 g/mol. The molecule has 0 aliphatic carbocycles. The number of Topliss-reactive ketones (excluding diaryl/α,β-unsaturated/α-hetero) is 1. The lowest BCUT2D eigenvalue weighted by atomic mass is 9.79. The molecule has 2 aromatic heterocycles. The van der Waals surface area contributed by atoms with Gasteiger partial charge in [0.25, 0.3) is 5.56 Å². The lowest BCUT2D eigenvalue weighted by Gasteiger charge is -2.45. The zero-order valence-corrected chi connectivity index (χ0v) is 17.1. The zero-order valence-electron chi connectivity index (χ0n) is 16.3. The quantitative estimate of drug-likeness (QED) is 0.658. The molecule has 2 aliphatic heterocycles. The summed E-state index contributed by atoms with van der Waals surface area (Å²) >= 11 is 1.31. The maximum absolute atomic E-state index is 13.4. The average molecular weight is 408 g/mol. The summed E-state index contributed by atoms with van der Waals surface area (Å²) in [6.45, 7) is 6.13. The first-order valence-electron chi connectivity index (χ1n) is 9.56. The molecule has 4 heterocycles. The number of para-hydroxylation sites is 1. The van der Waals surface area contributed by atoms with Crippen molar-refractivity contribution in [1.29, 1.82) is 0 Å². The van der Waals surface area contributed by atoms with E-state index in [4.69, 9.17) is 9.73 Å². The molecular weight excluding hydrogens is 388 g/mol. The molecule has 0 saturated carbocycles. The number of aromatic nitrogens is 3. The molecule has 0 fully saturated rings. The van der Waals surface area contributed by atoms with Gasteiger partial charge in [-0.05, 0) is 39.0 Å². The van der Waals surface area contributed by atoms with Crippen molar-refractivity contribution in [3.8, 4) is 5.75 Å². The van der Waals surface area contributed by atoms with Crippen LogP contribution < -0.4 is 19.6 Å². The fraction of sp³-hybridized carbons (Fsp3) is 0.333. The number of ketones is 1. The van der Waals surface area contributed by atoms with Crippen molar-refractivity contribution in [3.05, 3.63) is 67.5 Å². The van der Waals surface area contributed by atoms with Gasteiger partial charge < -0.3 is 4.74 Å². The third kappa shape index (κ3) is 2.62. The highest BCUT2D eigenvalue weighted by Gasteiger charge is 2.53. The third-order valence-corrected chi connectivity index (χ3v) is 6.56. The Hall–Kier alpha value is -3.00. The lowest BCUT2D eigenvalue weighted by molar-refractivity contribution is -0.132. The van der Waals surface area contributed by atoms with Crippen LogP contribution in [0.1, 0.15) is 38.1 Å². The van der Waals surface area contributed by atoms with Crippen molar-refractivity contribution in [3.63, 3.8) is 0 Å². The van der Waals surface area contributed by atoms with Crippen LogP contribution in [0.4, 0.5) is 0 Å². The Labute approximate surface area is 170 Å². The minimum atomic E-state index is -1.04. The highest BCUT2D eigenvalue weighted by atomic mass is 32.1. The molecule has 3 atom stereocenters. The first-order valence-corrected chi connectivity index (χ1v) is 10.4. The molecule has 0 unspecified atom stereocenters. The Morgan fingerprint density at radius 3 is 2.86 bits per heavy atom. The summed E-state index contributed by atoms with van der Waals surface area (Å²) in [5.41, 5.74) is 0.360. The molecule has 29 heavy (non-hydrogen) atoms. The molecular formula is C21H20N4O3S. The number of carbonyl (C=O) groups is 1. The van der Waals surface area contributed by atoms with E-state index < -0.39 is 17.7 Å². The SMILES string of the molecule is CCn1ccc(/C=c2/sc3n(c2=O)[C@H]2c4ccccc4O[C@](C)(N=3)[C@@H]2C(C)=O)n1. The maximum atomic E-state index is 13.4. The number of benzene rings is 1. The number of ether oxygens (including phenoxy) is 1. The first-order chi connectivity index (χ1) is 13.9. The molecule has 0 saturated heterocycles. The van der Waals surface area contributed by atoms with E-state index in [1.807, 2.05) is 55.1 Å². The Kier molecular flexibility index (Phi) is 3.89. The second-order valence-corrected chi connectivity index (χ2v) is 8.51. The minimum Gasteiger partial charge on any atom is -0.465 e. The molecule has 3 aromatic rings. The van der Waals surface area contributed by atoms with E-state index >= 15 is 0 Å². The van der Waals surface area contributed by atoms with Crippen LogP contribution in [0.15, 0.2) is 46.3 Å². The predicted octanol–water partition coefficient (Wildman–Crippen LogP) is 1.49. The molecule has 148 valence electrons. The predicted molar refractivity (Wildman–Crippen MR) is 109 cm³/mol. The fourth-order valence-electron chi connectivity index (χ4n) is 4.32. The Morgan fingerprint density at radius 1 is 1.34 bits per heavy atom. The van der Waals surface area contributed by atoms with Gasteiger partial charge in [0.15, 0.2) is 4.80 Å². The van der Waals surface area contributed by atoms with E-state index in [0.29, 0.717) is 15.1 Å². The van der Waals surface area contributed by atoms with Crippen molar-refractivity contribution >= 4 is 23.2 Å². The summed E-state index contributed by atoms with van der Waals surface area (Å²) < 4.78 is 10.2. The summed E-state index contributed by atoms with van der Waals surface area (Å²) in [5.74, 6) is 0.0493. The van der Waals surface area contributed by atoms with Crippen molar-refractivity contribution < 1.29 is 9.53 Å². The Morgan fingerprint density at radius 2 is 2.14 bits per heavy atom. The van der Waals surface area contributed by atoms with E-state index in [-0.39, 0.29) is 11.3 Å². The number of fused-ring (bicyclic) bond motifs is 6. The maximum Gasteiger partial charge on any atom is 0.270 e. The van der Waals surface area contributed by atoms with Gasteiger partial charge >= 0.3 is 0 Å². The molecule has 0 radical (unpaired) electrons. The van der Waals surface area contributed by atoms with Gasteiger partial charge in [-0.15, -0.1) is 0 Å². The summed E-state index contributed by atoms with van der Waals surface area (Å²) in [6, 6.07) is 9.00. The number of hydrogen-bond donors (Lipinski definition) is 0. The molecule has 0 spiro atoms. The number of rotatable bonds is 3. The minimum absolute atomic E-state index is 0.0493. The van der Waals surface area contributed by atoms with E-state index in [1.165, 1.54) is 18.3 Å². The first kappa shape index (κ1) is 18.1. The van der Waals surface area contributed by atoms with Gasteiger partial charge in [-0.25, -0.2) is 4.99 Å². The van der Waals surface area contributed by atoms with Gasteiger partial charge in [-0.3, -0.25) is 18.8 Å². The molecule has 1 aromatic carbocycles. The Balaban J connectivity index is 1.78. The molecule has 5 rings (SSSR count). The second kappa shape index (κ2) is 6.25. The van der Waals surface area contributed by atoms with Gasteiger partial charge in [0.1, 0.15) is 17.5 Å². The molecule has 2 aliphatic rings. The Bertz CT molecular complexity index is 1320. The summed E-state index contributed by atoms with van der Waals surface area (Å²) in [7, 11) is 0. The van der Waals surface area contributed by atoms with Crippen LogP contribution >= 0.6 is 11.3 Å². The third-order valence-electron chi connectivity index (χ3n) is 5.58. The summed E-state index contributed by atoms with van der Waals surface area (Å²) in [5, 5.41) is 4.44. The lowest BCUT2D eigenvalue weighted by Crippen LogP contribution is -2.58. The van der Waals surface area contributed by atoms with Gasteiger partial charge in [0, 0.05) is 18.3 Å². The van der Waals surface area contributed by atoms with Crippen LogP contribution in [0.3, 0.4) is 0 Å². The van der Waals surface area contributed by atoms with Gasteiger partial charge in [-0.2, -0.15) is 5.10 Å². The van der Waals surface area contributed by atoms with E-state index in [9.17, 15) is 9.59 Å². The molecule has 0 amide bonds. The average Bonchev–Trinajstić information content (AvgIpc) is 3.25. The van der Waals surface area contributed by atoms with Crippen molar-refractivity contribution in [2.24, 2.45) is 10.9 Å². The van der Waals surface area contributed by atoms with E-state index in [2.05, 4.69) is 5.10 Å². The number of carbonyl (C=O) groups excluding carboxylic acids is 1. The normalized spacial score (nSPS) is 25.0. The molecule has 2 bridgehead atoms. The number of hydrogen-bond acceptors (Lipinski definition) is 6. The number of nitrogens with zero attached hydrogens (tertiary/aromatic N) is 4. The highest BCUT2D eigenvalue weighted by Crippen LogP contribution is 2.47. The standard InChI is InChI=1S/C21H20N4O3S/c1-4-24-10-9-13(23-24)11-16-19(27)25-18-14-7-5-6-8-15(14)28-21(3,17(18)12(2)26)22-20(25)29-16/h5-11,17-18H,4H2,1-3H3/b16-11+/t17-,18+,21+/m1/s1. The van der Waals surface area contributed by atoms with Gasteiger partial charge in [-0.1, -0.05) is 29.5 Å². The van der Waals surface area contributed by atoms with Gasteiger partial charge in [0.05, 0.1) is 16.3 Å². The number of thiazole rings is 1. The van der Waals surface area contributed by atoms with E-state index in [0.717, 1.165) is 17.8 Å². The molecule has 0 N–H and O–H groups in total. The van der Waals surface area contributed by atoms with Crippen LogP contribution in [-0.4, -0.2) is 25.9 Å². The second-order valence-electron chi connectivity index (χ2n) is 7.50. The van der Waals surface area contributed by atoms with Crippen LogP contribution in [-0.2, 0) is 11.3 Å².